The van der Waals surface area contributed by atoms with Crippen LogP contribution in [0.15, 0.2) is 53.9 Å². The zero-order chi connectivity index (χ0) is 17.4. The van der Waals surface area contributed by atoms with E-state index >= 15 is 0 Å². The molecule has 0 fully saturated rings. The van der Waals surface area contributed by atoms with Gasteiger partial charge < -0.3 is 10.6 Å². The van der Waals surface area contributed by atoms with Gasteiger partial charge in [0.1, 0.15) is 5.82 Å². The monoisotopic (exact) mass is 459 g/mol. The quantitative estimate of drug-likeness (QED) is 0.417. The van der Waals surface area contributed by atoms with Crippen LogP contribution in [-0.2, 0) is 0 Å². The van der Waals surface area contributed by atoms with E-state index in [4.69, 9.17) is 4.98 Å². The smallest absolute Gasteiger partial charge is 0.253 e. The fourth-order valence-corrected chi connectivity index (χ4v) is 4.22. The Morgan fingerprint density at radius 1 is 1.08 bits per heavy atom. The molecule has 2 aromatic heterocycles. The number of amides is 1. The van der Waals surface area contributed by atoms with Crippen LogP contribution in [0.5, 0.6) is 0 Å². The number of pyridine rings is 1. The molecule has 0 aliphatic carbocycles. The Bertz CT molecular complexity index is 1110. The van der Waals surface area contributed by atoms with Crippen LogP contribution in [0, 0.1) is 3.57 Å². The molecule has 4 aromatic rings. The molecule has 4 rings (SSSR count). The maximum absolute atomic E-state index is 12.3. The van der Waals surface area contributed by atoms with Crippen LogP contribution in [0.4, 0.5) is 11.5 Å². The fourth-order valence-electron chi connectivity index (χ4n) is 2.84. The summed E-state index contributed by atoms with van der Waals surface area (Å²) in [6, 6.07) is 15.9. The van der Waals surface area contributed by atoms with Crippen LogP contribution in [0.3, 0.4) is 0 Å². The van der Waals surface area contributed by atoms with Gasteiger partial charge in [0.05, 0.1) is 21.5 Å². The lowest BCUT2D eigenvalue weighted by Gasteiger charge is -2.12. The van der Waals surface area contributed by atoms with Gasteiger partial charge in [-0.25, -0.2) is 4.98 Å². The van der Waals surface area contributed by atoms with Crippen LogP contribution in [0.2, 0.25) is 0 Å². The normalized spacial score (nSPS) is 11.0. The Balaban J connectivity index is 1.98. The number of hydrogen-bond donors (Lipinski definition) is 2. The van der Waals surface area contributed by atoms with Gasteiger partial charge in [0.2, 0.25) is 0 Å². The van der Waals surface area contributed by atoms with Gasteiger partial charge in [-0.15, -0.1) is 11.3 Å². The molecule has 0 aliphatic rings. The third-order valence-corrected chi connectivity index (χ3v) is 5.89. The van der Waals surface area contributed by atoms with Gasteiger partial charge in [0.25, 0.3) is 5.91 Å². The zero-order valence-corrected chi connectivity index (χ0v) is 16.3. The Hall–Kier alpha value is -2.19. The highest BCUT2D eigenvalue weighted by atomic mass is 127. The zero-order valence-electron chi connectivity index (χ0n) is 13.3. The molecular formula is C19H14IN3OS. The first-order chi connectivity index (χ1) is 12.2. The first-order valence-electron chi connectivity index (χ1n) is 7.72. The van der Waals surface area contributed by atoms with E-state index in [9.17, 15) is 4.79 Å². The summed E-state index contributed by atoms with van der Waals surface area (Å²) in [6.45, 7) is 0. The van der Waals surface area contributed by atoms with Crippen molar-refractivity contribution in [1.82, 2.24) is 10.3 Å². The molecule has 0 aliphatic heterocycles. The van der Waals surface area contributed by atoms with Gasteiger partial charge in [0, 0.05) is 21.4 Å². The van der Waals surface area contributed by atoms with Gasteiger partial charge in [-0.3, -0.25) is 4.79 Å². The number of nitrogens with zero attached hydrogens (tertiary/aromatic N) is 1. The van der Waals surface area contributed by atoms with Gasteiger partial charge in [-0.2, -0.15) is 0 Å². The van der Waals surface area contributed by atoms with E-state index < -0.39 is 0 Å². The number of aromatic nitrogens is 1. The molecule has 0 radical (unpaired) electrons. The third kappa shape index (κ3) is 2.85. The highest BCUT2D eigenvalue weighted by Crippen LogP contribution is 2.36. The average Bonchev–Trinajstić information content (AvgIpc) is 3.13. The number of anilines is 2. The van der Waals surface area contributed by atoms with Crippen molar-refractivity contribution in [3.8, 4) is 0 Å². The molecule has 4 nitrogen and oxygen atoms in total. The van der Waals surface area contributed by atoms with Crippen molar-refractivity contribution in [2.24, 2.45) is 0 Å². The molecule has 0 bridgehead atoms. The van der Waals surface area contributed by atoms with E-state index in [1.807, 2.05) is 42.5 Å². The largest absolute Gasteiger partial charge is 0.355 e. The number of fused-ring (bicyclic) bond motifs is 3. The highest BCUT2D eigenvalue weighted by molar-refractivity contribution is 14.1. The summed E-state index contributed by atoms with van der Waals surface area (Å²) in [5, 5.41) is 10.3. The molecule has 124 valence electrons. The van der Waals surface area contributed by atoms with Crippen molar-refractivity contribution in [2.75, 3.05) is 12.4 Å². The molecule has 2 N–H and O–H groups in total. The van der Waals surface area contributed by atoms with Crippen molar-refractivity contribution in [3.63, 3.8) is 0 Å². The van der Waals surface area contributed by atoms with Crippen molar-refractivity contribution < 1.29 is 4.79 Å². The molecule has 2 aromatic carbocycles. The number of thiophene rings is 1. The molecule has 1 amide bonds. The van der Waals surface area contributed by atoms with Crippen LogP contribution in [0.1, 0.15) is 10.4 Å². The topological polar surface area (TPSA) is 54.0 Å². The molecule has 25 heavy (non-hydrogen) atoms. The summed E-state index contributed by atoms with van der Waals surface area (Å²) in [5.41, 5.74) is 2.29. The number of para-hydroxylation sites is 2. The number of halogens is 1. The number of benzene rings is 2. The standard InChI is InChI=1S/C19H14IN3OS/c1-21-19(24)13-6-4-5-11-12-9-10-25-17(12)18(23-16(11)13)22-15-8-3-2-7-14(15)20/h2-10H,1H3,(H,21,24)(H,22,23). The lowest BCUT2D eigenvalue weighted by atomic mass is 10.1. The highest BCUT2D eigenvalue weighted by Gasteiger charge is 2.16. The van der Waals surface area contributed by atoms with E-state index in [1.165, 1.54) is 0 Å². The number of carbonyl (C=O) groups is 1. The summed E-state index contributed by atoms with van der Waals surface area (Å²) in [5.74, 6) is 0.644. The predicted molar refractivity (Wildman–Crippen MR) is 113 cm³/mol. The minimum atomic E-state index is -0.132. The summed E-state index contributed by atoms with van der Waals surface area (Å²) in [7, 11) is 1.63. The third-order valence-electron chi connectivity index (χ3n) is 4.03. The Morgan fingerprint density at radius 3 is 2.72 bits per heavy atom. The minimum absolute atomic E-state index is 0.132. The predicted octanol–water partition coefficient (Wildman–Crippen LogP) is 5.16. The number of carbonyl (C=O) groups excluding carboxylic acids is 1. The van der Waals surface area contributed by atoms with Crippen LogP contribution in [0.25, 0.3) is 21.0 Å². The summed E-state index contributed by atoms with van der Waals surface area (Å²) in [6.07, 6.45) is 0. The maximum atomic E-state index is 12.3. The van der Waals surface area contributed by atoms with Crippen molar-refractivity contribution in [3.05, 3.63) is 63.0 Å². The van der Waals surface area contributed by atoms with Gasteiger partial charge in [-0.05, 0) is 52.2 Å². The summed E-state index contributed by atoms with van der Waals surface area (Å²) >= 11 is 3.95. The van der Waals surface area contributed by atoms with E-state index in [2.05, 4.69) is 44.7 Å². The van der Waals surface area contributed by atoms with Gasteiger partial charge in [0.15, 0.2) is 0 Å². The van der Waals surface area contributed by atoms with Crippen molar-refractivity contribution >= 4 is 72.3 Å². The second-order valence-corrected chi connectivity index (χ2v) is 7.59. The van der Waals surface area contributed by atoms with Gasteiger partial charge >= 0.3 is 0 Å². The second-order valence-electron chi connectivity index (χ2n) is 5.51. The first-order valence-corrected chi connectivity index (χ1v) is 9.68. The number of rotatable bonds is 3. The Kier molecular flexibility index (Phi) is 4.30. The number of nitrogens with one attached hydrogen (secondary N) is 2. The van der Waals surface area contributed by atoms with Gasteiger partial charge in [-0.1, -0.05) is 24.3 Å². The van der Waals surface area contributed by atoms with Crippen molar-refractivity contribution in [2.45, 2.75) is 0 Å². The van der Waals surface area contributed by atoms with E-state index in [-0.39, 0.29) is 5.91 Å². The molecule has 0 unspecified atom stereocenters. The van der Waals surface area contributed by atoms with E-state index in [0.717, 1.165) is 30.5 Å². The molecule has 0 atom stereocenters. The van der Waals surface area contributed by atoms with E-state index in [1.54, 1.807) is 18.4 Å². The lowest BCUT2D eigenvalue weighted by molar-refractivity contribution is 0.0964. The SMILES string of the molecule is CNC(=O)c1cccc2c1nc(Nc1ccccc1I)c1sccc12. The molecule has 0 saturated heterocycles. The Labute approximate surface area is 162 Å². The van der Waals surface area contributed by atoms with Crippen LogP contribution >= 0.6 is 33.9 Å². The maximum Gasteiger partial charge on any atom is 0.253 e. The number of hydrogen-bond acceptors (Lipinski definition) is 4. The molecule has 2 heterocycles. The minimum Gasteiger partial charge on any atom is -0.355 e. The fraction of sp³-hybridized carbons (Fsp3) is 0.0526. The Morgan fingerprint density at radius 2 is 1.92 bits per heavy atom. The summed E-state index contributed by atoms with van der Waals surface area (Å²) < 4.78 is 2.20. The second kappa shape index (κ2) is 6.61. The van der Waals surface area contributed by atoms with Crippen LogP contribution in [-0.4, -0.2) is 17.9 Å². The van der Waals surface area contributed by atoms with Crippen molar-refractivity contribution in [1.29, 1.82) is 0 Å². The first kappa shape index (κ1) is 16.3. The molecule has 0 saturated carbocycles. The summed E-state index contributed by atoms with van der Waals surface area (Å²) in [4.78, 5) is 17.1. The van der Waals surface area contributed by atoms with Crippen LogP contribution < -0.4 is 10.6 Å². The average molecular weight is 459 g/mol. The molecule has 6 heteroatoms. The molecule has 0 spiro atoms. The molecular weight excluding hydrogens is 445 g/mol. The lowest BCUT2D eigenvalue weighted by Crippen LogP contribution is -2.18. The van der Waals surface area contributed by atoms with E-state index in [0.29, 0.717) is 11.1 Å².